The summed E-state index contributed by atoms with van der Waals surface area (Å²) in [6, 6.07) is 4.13. The molecule has 0 atom stereocenters. The zero-order valence-electron chi connectivity index (χ0n) is 12.2. The summed E-state index contributed by atoms with van der Waals surface area (Å²) < 4.78 is 67.3. The van der Waals surface area contributed by atoms with Crippen molar-refractivity contribution in [3.63, 3.8) is 0 Å². The number of amides is 1. The molecule has 1 saturated heterocycles. The summed E-state index contributed by atoms with van der Waals surface area (Å²) in [6.45, 7) is 0.230. The lowest BCUT2D eigenvalue weighted by molar-refractivity contribution is -0.157. The molecule has 3 rings (SSSR count). The number of rotatable bonds is 4. The number of hydrogen-bond donors (Lipinski definition) is 1. The number of carbonyl (C=O) groups is 1. The molecule has 1 amide bonds. The fraction of sp³-hybridized carbons (Fsp3) is 0.462. The topological polar surface area (TPSA) is 98.2 Å². The van der Waals surface area contributed by atoms with Crippen LogP contribution in [0.3, 0.4) is 0 Å². The van der Waals surface area contributed by atoms with E-state index in [9.17, 15) is 22.0 Å². The Morgan fingerprint density at radius 1 is 1.29 bits per heavy atom. The first-order chi connectivity index (χ1) is 11.3. The Morgan fingerprint density at radius 3 is 2.71 bits per heavy atom. The lowest BCUT2D eigenvalue weighted by Gasteiger charge is -2.28. The molecular weight excluding hydrogens is 364 g/mol. The van der Waals surface area contributed by atoms with Crippen molar-refractivity contribution in [2.75, 3.05) is 13.2 Å². The molecule has 0 radical (unpaired) electrons. The Balaban J connectivity index is 1.86. The van der Waals surface area contributed by atoms with E-state index in [-0.39, 0.29) is 36.5 Å². The van der Waals surface area contributed by atoms with E-state index in [0.717, 1.165) is 11.7 Å². The molecular formula is C13H13F2N3O4S2. The van der Waals surface area contributed by atoms with Crippen LogP contribution in [0.1, 0.15) is 12.8 Å². The van der Waals surface area contributed by atoms with Crippen LogP contribution >= 0.6 is 11.7 Å². The number of hydrogen-bond acceptors (Lipinski definition) is 7. The van der Waals surface area contributed by atoms with Crippen LogP contribution in [0.25, 0.3) is 11.0 Å². The molecule has 0 aliphatic carbocycles. The van der Waals surface area contributed by atoms with E-state index in [1.54, 1.807) is 0 Å². The monoisotopic (exact) mass is 377 g/mol. The van der Waals surface area contributed by atoms with Crippen molar-refractivity contribution in [3.05, 3.63) is 18.2 Å². The van der Waals surface area contributed by atoms with Gasteiger partial charge in [-0.3, -0.25) is 4.79 Å². The fourth-order valence-electron chi connectivity index (χ4n) is 2.49. The number of halogens is 2. The van der Waals surface area contributed by atoms with Gasteiger partial charge in [-0.15, -0.1) is 0 Å². The second kappa shape index (κ2) is 6.30. The van der Waals surface area contributed by atoms with E-state index in [1.165, 1.54) is 22.9 Å². The van der Waals surface area contributed by atoms with Gasteiger partial charge in [0.05, 0.1) is 11.7 Å². The summed E-state index contributed by atoms with van der Waals surface area (Å²) in [5.74, 6) is -6.89. The number of nitrogens with zero attached hydrogens (tertiary/aromatic N) is 2. The Labute approximate surface area is 140 Å². The highest BCUT2D eigenvalue weighted by molar-refractivity contribution is 7.90. The predicted molar refractivity (Wildman–Crippen MR) is 81.2 cm³/mol. The second-order valence-corrected chi connectivity index (χ2v) is 7.51. The molecule has 7 nitrogen and oxygen atoms in total. The number of carbonyl (C=O) groups excluding carboxylic acids is 1. The number of nitrogens with one attached hydrogen (secondary N) is 1. The maximum atomic E-state index is 14.2. The van der Waals surface area contributed by atoms with E-state index in [2.05, 4.69) is 8.75 Å². The van der Waals surface area contributed by atoms with Crippen LogP contribution in [0.5, 0.6) is 0 Å². The minimum atomic E-state index is -4.48. The maximum absolute atomic E-state index is 14.2. The summed E-state index contributed by atoms with van der Waals surface area (Å²) in [5.41, 5.74) is 0.351. The summed E-state index contributed by atoms with van der Waals surface area (Å²) in [6.07, 6.45) is -0.0158. The van der Waals surface area contributed by atoms with Crippen LogP contribution in [-0.2, 0) is 19.6 Å². The predicted octanol–water partition coefficient (Wildman–Crippen LogP) is 1.56. The van der Waals surface area contributed by atoms with Gasteiger partial charge in [0.2, 0.25) is 0 Å². The van der Waals surface area contributed by atoms with E-state index < -0.39 is 27.8 Å². The van der Waals surface area contributed by atoms with Crippen LogP contribution in [-0.4, -0.2) is 42.2 Å². The van der Waals surface area contributed by atoms with Crippen molar-refractivity contribution in [3.8, 4) is 0 Å². The molecule has 1 aliphatic heterocycles. The van der Waals surface area contributed by atoms with Crippen LogP contribution < -0.4 is 4.72 Å². The van der Waals surface area contributed by atoms with Gasteiger partial charge in [-0.2, -0.15) is 17.5 Å². The van der Waals surface area contributed by atoms with Crippen LogP contribution in [0.15, 0.2) is 23.1 Å². The normalized spacial score (nSPS) is 17.1. The number of fused-ring (bicyclic) bond motifs is 1. The largest absolute Gasteiger partial charge is 0.381 e. The van der Waals surface area contributed by atoms with Gasteiger partial charge in [0.25, 0.3) is 10.0 Å². The first kappa shape index (κ1) is 17.1. The minimum absolute atomic E-state index is 0.00788. The highest BCUT2D eigenvalue weighted by Gasteiger charge is 2.48. The number of ether oxygens (including phenoxy) is 1. The van der Waals surface area contributed by atoms with Gasteiger partial charge in [0.15, 0.2) is 0 Å². The average Bonchev–Trinajstić information content (AvgIpc) is 3.03. The first-order valence-corrected chi connectivity index (χ1v) is 9.28. The zero-order chi connectivity index (χ0) is 17.4. The number of alkyl halides is 2. The molecule has 24 heavy (non-hydrogen) atoms. The van der Waals surface area contributed by atoms with E-state index in [1.807, 2.05) is 0 Å². The molecule has 0 saturated carbocycles. The van der Waals surface area contributed by atoms with Gasteiger partial charge in [-0.25, -0.2) is 13.1 Å². The number of aromatic nitrogens is 2. The first-order valence-electron chi connectivity index (χ1n) is 7.06. The SMILES string of the molecule is O=C(NS(=O)(=O)c1cccc2nsnc12)C(F)(F)C1CCOCC1. The van der Waals surface area contributed by atoms with Crippen molar-refractivity contribution in [1.82, 2.24) is 13.5 Å². The molecule has 1 fully saturated rings. The Bertz CT molecular complexity index is 863. The molecule has 0 spiro atoms. The summed E-state index contributed by atoms with van der Waals surface area (Å²) in [4.78, 5) is 11.6. The van der Waals surface area contributed by atoms with Crippen LogP contribution in [0.4, 0.5) is 8.78 Å². The van der Waals surface area contributed by atoms with Crippen molar-refractivity contribution >= 4 is 38.7 Å². The highest BCUT2D eigenvalue weighted by Crippen LogP contribution is 2.33. The molecule has 2 aromatic rings. The third-order valence-corrected chi connectivity index (χ3v) is 5.71. The van der Waals surface area contributed by atoms with E-state index in [4.69, 9.17) is 4.74 Å². The van der Waals surface area contributed by atoms with Gasteiger partial charge >= 0.3 is 11.8 Å². The Morgan fingerprint density at radius 2 is 2.00 bits per heavy atom. The molecule has 2 heterocycles. The second-order valence-electron chi connectivity index (χ2n) is 5.33. The van der Waals surface area contributed by atoms with Crippen molar-refractivity contribution < 1.29 is 26.7 Å². The van der Waals surface area contributed by atoms with E-state index >= 15 is 0 Å². The number of benzene rings is 1. The van der Waals surface area contributed by atoms with E-state index in [0.29, 0.717) is 5.52 Å². The maximum Gasteiger partial charge on any atom is 0.328 e. The molecule has 0 unspecified atom stereocenters. The summed E-state index contributed by atoms with van der Waals surface area (Å²) >= 11 is 0.791. The lowest BCUT2D eigenvalue weighted by atomic mass is 9.92. The molecule has 1 aromatic carbocycles. The van der Waals surface area contributed by atoms with Crippen molar-refractivity contribution in [1.29, 1.82) is 0 Å². The van der Waals surface area contributed by atoms with Crippen molar-refractivity contribution in [2.24, 2.45) is 5.92 Å². The molecule has 0 bridgehead atoms. The zero-order valence-corrected chi connectivity index (χ0v) is 13.9. The minimum Gasteiger partial charge on any atom is -0.381 e. The Hall–Kier alpha value is -1.72. The molecule has 130 valence electrons. The van der Waals surface area contributed by atoms with Gasteiger partial charge in [-0.05, 0) is 25.0 Å². The third kappa shape index (κ3) is 3.10. The highest BCUT2D eigenvalue weighted by atomic mass is 32.2. The van der Waals surface area contributed by atoms with Gasteiger partial charge < -0.3 is 4.74 Å². The quantitative estimate of drug-likeness (QED) is 0.868. The number of sulfonamides is 1. The fourth-order valence-corrected chi connectivity index (χ4v) is 4.25. The molecule has 1 aromatic heterocycles. The summed E-state index contributed by atoms with van der Waals surface area (Å²) in [7, 11) is -4.48. The standard InChI is InChI=1S/C13H13F2N3O4S2/c14-13(15,8-4-6-22-7-5-8)12(19)18-24(20,21)10-3-1-2-9-11(10)17-23-16-9/h1-3,8H,4-7H2,(H,18,19). The lowest BCUT2D eigenvalue weighted by Crippen LogP contribution is -2.48. The summed E-state index contributed by atoms with van der Waals surface area (Å²) in [5, 5.41) is 0. The molecule has 1 aliphatic rings. The smallest absolute Gasteiger partial charge is 0.328 e. The average molecular weight is 377 g/mol. The molecule has 1 N–H and O–H groups in total. The molecule has 11 heteroatoms. The third-order valence-electron chi connectivity index (χ3n) is 3.80. The van der Waals surface area contributed by atoms with Gasteiger partial charge in [-0.1, -0.05) is 6.07 Å². The van der Waals surface area contributed by atoms with Crippen molar-refractivity contribution in [2.45, 2.75) is 23.7 Å². The van der Waals surface area contributed by atoms with Crippen LogP contribution in [0, 0.1) is 5.92 Å². The van der Waals surface area contributed by atoms with Crippen LogP contribution in [0.2, 0.25) is 0 Å². The van der Waals surface area contributed by atoms with Gasteiger partial charge in [0, 0.05) is 19.1 Å². The van der Waals surface area contributed by atoms with Gasteiger partial charge in [0.1, 0.15) is 15.9 Å². The Kier molecular flexibility index (Phi) is 4.49.